The number of benzene rings is 1. The predicted molar refractivity (Wildman–Crippen MR) is 77.0 cm³/mol. The number of rotatable bonds is 0. The van der Waals surface area contributed by atoms with Gasteiger partial charge < -0.3 is 0 Å². The smallest absolute Gasteiger partial charge is 0.179 e. The zero-order valence-corrected chi connectivity index (χ0v) is 10.9. The van der Waals surface area contributed by atoms with Gasteiger partial charge in [0, 0.05) is 0 Å². The normalized spacial score (nSPS) is 20.1. The van der Waals surface area contributed by atoms with Crippen LogP contribution in [0.4, 0.5) is 0 Å². The summed E-state index contributed by atoms with van der Waals surface area (Å²) in [6.07, 6.45) is 13.7. The van der Waals surface area contributed by atoms with Gasteiger partial charge in [0.15, 0.2) is 5.78 Å². The Balaban J connectivity index is 1.92. The predicted octanol–water partition coefficient (Wildman–Crippen LogP) is 3.57. The van der Waals surface area contributed by atoms with E-state index in [0.29, 0.717) is 0 Å². The second-order valence-electron chi connectivity index (χ2n) is 5.59. The fourth-order valence-electron chi connectivity index (χ4n) is 3.55. The number of hydrogen-bond donors (Lipinski definition) is 0. The van der Waals surface area contributed by atoms with E-state index in [1.165, 1.54) is 47.9 Å². The van der Waals surface area contributed by atoms with Crippen molar-refractivity contribution in [2.75, 3.05) is 0 Å². The van der Waals surface area contributed by atoms with Crippen LogP contribution in [-0.2, 0) is 24.1 Å². The number of carbonyl (C=O) groups is 1. The molecular weight excluding hydrogens is 232 g/mol. The summed E-state index contributed by atoms with van der Waals surface area (Å²) in [6, 6.07) is 4.50. The summed E-state index contributed by atoms with van der Waals surface area (Å²) < 4.78 is 0. The molecule has 1 nitrogen and oxygen atoms in total. The summed E-state index contributed by atoms with van der Waals surface area (Å²) >= 11 is 0. The topological polar surface area (TPSA) is 17.1 Å². The minimum absolute atomic E-state index is 0.109. The summed E-state index contributed by atoms with van der Waals surface area (Å²) in [4.78, 5) is 11.6. The Morgan fingerprint density at radius 3 is 2.79 bits per heavy atom. The second kappa shape index (κ2) is 4.06. The number of hydrogen-bond acceptors (Lipinski definition) is 1. The highest BCUT2D eigenvalue weighted by molar-refractivity contribution is 6.10. The van der Waals surface area contributed by atoms with Crippen LogP contribution in [0, 0.1) is 0 Å². The van der Waals surface area contributed by atoms with E-state index < -0.39 is 0 Å². The summed E-state index contributed by atoms with van der Waals surface area (Å²) in [5, 5.41) is 0. The molecule has 0 amide bonds. The zero-order valence-electron chi connectivity index (χ0n) is 10.9. The molecule has 3 aliphatic rings. The highest BCUT2D eigenvalue weighted by atomic mass is 16.1. The summed E-state index contributed by atoms with van der Waals surface area (Å²) in [7, 11) is 0. The van der Waals surface area contributed by atoms with Gasteiger partial charge in [-0.15, -0.1) is 0 Å². The first-order chi connectivity index (χ1) is 9.33. The van der Waals surface area contributed by atoms with Crippen LogP contribution in [0.15, 0.2) is 42.0 Å². The van der Waals surface area contributed by atoms with E-state index in [1.54, 1.807) is 17.7 Å². The van der Waals surface area contributed by atoms with Crippen LogP contribution >= 0.6 is 0 Å². The van der Waals surface area contributed by atoms with Crippen molar-refractivity contribution in [3.05, 3.63) is 64.3 Å². The molecule has 4 rings (SSSR count). The molecule has 0 aromatic heterocycles. The van der Waals surface area contributed by atoms with Gasteiger partial charge in [0.2, 0.25) is 0 Å². The van der Waals surface area contributed by atoms with Gasteiger partial charge in [-0.25, -0.2) is 0 Å². The van der Waals surface area contributed by atoms with Crippen molar-refractivity contribution in [3.63, 3.8) is 0 Å². The first kappa shape index (κ1) is 11.0. The molecule has 0 saturated heterocycles. The molecule has 3 aliphatic carbocycles. The molecule has 0 N–H and O–H groups in total. The molecule has 0 fully saturated rings. The van der Waals surface area contributed by atoms with Crippen molar-refractivity contribution in [2.45, 2.75) is 32.1 Å². The monoisotopic (exact) mass is 248 g/mol. The molecule has 0 unspecified atom stereocenters. The maximum absolute atomic E-state index is 11.6. The number of fused-ring (bicyclic) bond motifs is 5. The molecule has 1 aromatic carbocycles. The highest BCUT2D eigenvalue weighted by Crippen LogP contribution is 2.38. The van der Waals surface area contributed by atoms with Crippen LogP contribution in [0.5, 0.6) is 0 Å². The Kier molecular flexibility index (Phi) is 2.34. The van der Waals surface area contributed by atoms with Crippen molar-refractivity contribution in [1.29, 1.82) is 0 Å². The number of carbonyl (C=O) groups excluding carboxylic acids is 1. The minimum atomic E-state index is 0.109. The lowest BCUT2D eigenvalue weighted by molar-refractivity contribution is -0.110. The van der Waals surface area contributed by atoms with Crippen molar-refractivity contribution >= 4 is 11.4 Å². The Labute approximate surface area is 113 Å². The Morgan fingerprint density at radius 2 is 1.84 bits per heavy atom. The third-order valence-electron chi connectivity index (χ3n) is 4.49. The van der Waals surface area contributed by atoms with Gasteiger partial charge in [0.25, 0.3) is 0 Å². The number of aryl methyl sites for hydroxylation is 1. The lowest BCUT2D eigenvalue weighted by Gasteiger charge is -2.27. The average Bonchev–Trinajstić information content (AvgIpc) is 2.46. The van der Waals surface area contributed by atoms with Crippen molar-refractivity contribution in [2.24, 2.45) is 0 Å². The van der Waals surface area contributed by atoms with Crippen molar-refractivity contribution in [1.82, 2.24) is 0 Å². The lowest BCUT2D eigenvalue weighted by atomic mass is 9.77. The van der Waals surface area contributed by atoms with Gasteiger partial charge in [-0.05, 0) is 77.7 Å². The van der Waals surface area contributed by atoms with Crippen LogP contribution in [0.2, 0.25) is 0 Å². The van der Waals surface area contributed by atoms with E-state index in [2.05, 4.69) is 18.2 Å². The van der Waals surface area contributed by atoms with E-state index >= 15 is 0 Å². The molecule has 19 heavy (non-hydrogen) atoms. The maximum Gasteiger partial charge on any atom is 0.179 e. The maximum atomic E-state index is 11.6. The molecule has 0 bridgehead atoms. The second-order valence-corrected chi connectivity index (χ2v) is 5.59. The number of ketones is 1. The minimum Gasteiger partial charge on any atom is -0.290 e. The van der Waals surface area contributed by atoms with Crippen LogP contribution in [-0.4, -0.2) is 5.78 Å². The largest absolute Gasteiger partial charge is 0.290 e. The Morgan fingerprint density at radius 1 is 0.947 bits per heavy atom. The van der Waals surface area contributed by atoms with Crippen LogP contribution in [0.1, 0.15) is 35.1 Å². The van der Waals surface area contributed by atoms with Crippen molar-refractivity contribution in [3.8, 4) is 0 Å². The summed E-state index contributed by atoms with van der Waals surface area (Å²) in [5.74, 6) is 0.109. The van der Waals surface area contributed by atoms with Gasteiger partial charge in [-0.1, -0.05) is 24.3 Å². The fraction of sp³-hybridized carbons (Fsp3) is 0.278. The molecule has 0 atom stereocenters. The van der Waals surface area contributed by atoms with E-state index in [9.17, 15) is 4.79 Å². The molecule has 94 valence electrons. The quantitative estimate of drug-likeness (QED) is 0.686. The Bertz CT molecular complexity index is 671. The van der Waals surface area contributed by atoms with Gasteiger partial charge in [0.05, 0.1) is 0 Å². The first-order valence-electron chi connectivity index (χ1n) is 7.11. The summed E-state index contributed by atoms with van der Waals surface area (Å²) in [5.41, 5.74) is 8.18. The standard InChI is InChI=1S/C18H16O/c19-14-8-5-13-7-9-16-15-4-2-1-3-12(15)6-10-17(16)18(13)11-14/h5-8,10-11H,1-4,9H2. The van der Waals surface area contributed by atoms with E-state index in [4.69, 9.17) is 0 Å². The highest BCUT2D eigenvalue weighted by Gasteiger charge is 2.23. The van der Waals surface area contributed by atoms with Gasteiger partial charge >= 0.3 is 0 Å². The summed E-state index contributed by atoms with van der Waals surface area (Å²) in [6.45, 7) is 0. The molecule has 1 heteroatoms. The van der Waals surface area contributed by atoms with Crippen molar-refractivity contribution < 1.29 is 4.79 Å². The lowest BCUT2D eigenvalue weighted by Crippen LogP contribution is -2.13. The average molecular weight is 248 g/mol. The van der Waals surface area contributed by atoms with E-state index in [0.717, 1.165) is 12.0 Å². The zero-order chi connectivity index (χ0) is 12.8. The molecule has 0 saturated carbocycles. The van der Waals surface area contributed by atoms with Crippen LogP contribution in [0.25, 0.3) is 5.57 Å². The Hall–Kier alpha value is -1.89. The molecule has 0 aliphatic heterocycles. The molecule has 0 radical (unpaired) electrons. The number of allylic oxidation sites excluding steroid dienone is 6. The molecule has 1 aromatic rings. The third-order valence-corrected chi connectivity index (χ3v) is 4.49. The van der Waals surface area contributed by atoms with Crippen LogP contribution in [0.3, 0.4) is 0 Å². The third kappa shape index (κ3) is 1.65. The van der Waals surface area contributed by atoms with E-state index in [-0.39, 0.29) is 5.78 Å². The molecular formula is C18H16O. The van der Waals surface area contributed by atoms with Gasteiger partial charge in [-0.3, -0.25) is 4.79 Å². The molecule has 0 spiro atoms. The first-order valence-corrected chi connectivity index (χ1v) is 7.11. The fourth-order valence-corrected chi connectivity index (χ4v) is 3.55. The van der Waals surface area contributed by atoms with Gasteiger partial charge in [-0.2, -0.15) is 0 Å². The molecule has 0 heterocycles. The van der Waals surface area contributed by atoms with E-state index in [1.807, 2.05) is 6.08 Å². The SMILES string of the molecule is O=C1C=CC2=CCc3c(ccc4c3CCCC4)C2=C1. The van der Waals surface area contributed by atoms with Crippen LogP contribution < -0.4 is 0 Å². The van der Waals surface area contributed by atoms with Gasteiger partial charge in [0.1, 0.15) is 0 Å².